The molecule has 13 heavy (non-hydrogen) atoms. The Morgan fingerprint density at radius 1 is 1.46 bits per heavy atom. The summed E-state index contributed by atoms with van der Waals surface area (Å²) in [5.41, 5.74) is 0. The molecule has 0 bridgehead atoms. The number of ether oxygens (including phenoxy) is 1. The molecule has 0 aliphatic carbocycles. The van der Waals surface area contributed by atoms with Crippen molar-refractivity contribution >= 4 is 5.91 Å². The Kier molecular flexibility index (Phi) is 2.80. The average Bonchev–Trinajstić information content (AvgIpc) is 2.74. The molecule has 0 aromatic rings. The van der Waals surface area contributed by atoms with Crippen LogP contribution < -0.4 is 10.6 Å². The van der Waals surface area contributed by atoms with Crippen molar-refractivity contribution in [3.8, 4) is 0 Å². The zero-order valence-electron chi connectivity index (χ0n) is 7.71. The average molecular weight is 184 g/mol. The first-order valence-electron chi connectivity index (χ1n) is 4.98. The Labute approximate surface area is 78.0 Å². The molecule has 2 N–H and O–H groups in total. The van der Waals surface area contributed by atoms with E-state index in [1.54, 1.807) is 0 Å². The Morgan fingerprint density at radius 2 is 2.38 bits per heavy atom. The van der Waals surface area contributed by atoms with Gasteiger partial charge in [-0.15, -0.1) is 0 Å². The monoisotopic (exact) mass is 184 g/mol. The number of hydrogen-bond acceptors (Lipinski definition) is 3. The molecule has 2 rings (SSSR count). The van der Waals surface area contributed by atoms with E-state index in [0.29, 0.717) is 6.61 Å². The van der Waals surface area contributed by atoms with Crippen LogP contribution in [0.3, 0.4) is 0 Å². The summed E-state index contributed by atoms with van der Waals surface area (Å²) in [5, 5.41) is 6.17. The number of hydrogen-bond donors (Lipinski definition) is 2. The predicted octanol–water partition coefficient (Wildman–Crippen LogP) is -0.357. The van der Waals surface area contributed by atoms with Crippen molar-refractivity contribution in [2.45, 2.75) is 31.3 Å². The minimum atomic E-state index is 0.0422. The molecule has 74 valence electrons. The number of carbonyl (C=O) groups is 1. The van der Waals surface area contributed by atoms with Crippen LogP contribution in [-0.2, 0) is 9.53 Å². The molecule has 2 unspecified atom stereocenters. The van der Waals surface area contributed by atoms with Gasteiger partial charge in [-0.3, -0.25) is 4.79 Å². The number of rotatable bonds is 2. The van der Waals surface area contributed by atoms with Gasteiger partial charge in [-0.05, 0) is 25.8 Å². The fraction of sp³-hybridized carbons (Fsp3) is 0.889. The van der Waals surface area contributed by atoms with Gasteiger partial charge in [0.25, 0.3) is 0 Å². The lowest BCUT2D eigenvalue weighted by Crippen LogP contribution is -2.45. The Hall–Kier alpha value is -0.610. The third-order valence-corrected chi connectivity index (χ3v) is 2.65. The van der Waals surface area contributed by atoms with E-state index >= 15 is 0 Å². The second-order valence-electron chi connectivity index (χ2n) is 3.72. The van der Waals surface area contributed by atoms with Gasteiger partial charge in [0, 0.05) is 6.61 Å². The highest BCUT2D eigenvalue weighted by molar-refractivity contribution is 5.82. The van der Waals surface area contributed by atoms with Crippen LogP contribution in [0.15, 0.2) is 0 Å². The topological polar surface area (TPSA) is 50.4 Å². The second kappa shape index (κ2) is 4.07. The third kappa shape index (κ3) is 2.19. The molecule has 2 atom stereocenters. The lowest BCUT2D eigenvalue weighted by molar-refractivity contribution is -0.123. The van der Waals surface area contributed by atoms with Crippen molar-refractivity contribution in [2.75, 3.05) is 19.8 Å². The van der Waals surface area contributed by atoms with Crippen LogP contribution in [0.25, 0.3) is 0 Å². The summed E-state index contributed by atoms with van der Waals surface area (Å²) in [6, 6.07) is 0.287. The Balaban J connectivity index is 1.76. The molecule has 2 fully saturated rings. The SMILES string of the molecule is O=C(NC1CCOC1)C1CCCN1. The summed E-state index contributed by atoms with van der Waals surface area (Å²) in [6.45, 7) is 2.43. The van der Waals surface area contributed by atoms with Crippen molar-refractivity contribution in [1.82, 2.24) is 10.6 Å². The first kappa shape index (κ1) is 8.97. The summed E-state index contributed by atoms with van der Waals surface area (Å²) >= 11 is 0. The van der Waals surface area contributed by atoms with Gasteiger partial charge in [-0.25, -0.2) is 0 Å². The van der Waals surface area contributed by atoms with Crippen LogP contribution in [0.2, 0.25) is 0 Å². The van der Waals surface area contributed by atoms with Gasteiger partial charge in [0.1, 0.15) is 0 Å². The highest BCUT2D eigenvalue weighted by Crippen LogP contribution is 2.07. The van der Waals surface area contributed by atoms with E-state index in [0.717, 1.165) is 32.4 Å². The molecule has 1 amide bonds. The fourth-order valence-corrected chi connectivity index (χ4v) is 1.86. The Bertz CT molecular complexity index is 184. The molecule has 2 heterocycles. The van der Waals surface area contributed by atoms with E-state index in [9.17, 15) is 4.79 Å². The first-order valence-corrected chi connectivity index (χ1v) is 4.98. The lowest BCUT2D eigenvalue weighted by Gasteiger charge is -2.14. The molecule has 2 saturated heterocycles. The summed E-state index contributed by atoms with van der Waals surface area (Å²) in [6.07, 6.45) is 3.04. The molecule has 0 saturated carbocycles. The molecule has 0 spiro atoms. The van der Waals surface area contributed by atoms with E-state index in [4.69, 9.17) is 4.74 Å². The first-order chi connectivity index (χ1) is 6.36. The zero-order chi connectivity index (χ0) is 9.10. The maximum Gasteiger partial charge on any atom is 0.237 e. The van der Waals surface area contributed by atoms with Gasteiger partial charge in [0.2, 0.25) is 5.91 Å². The summed E-state index contributed by atoms with van der Waals surface area (Å²) < 4.78 is 5.19. The molecule has 2 aliphatic heterocycles. The molecule has 0 aromatic carbocycles. The zero-order valence-corrected chi connectivity index (χ0v) is 7.71. The maximum absolute atomic E-state index is 11.6. The number of amides is 1. The van der Waals surface area contributed by atoms with E-state index in [1.165, 1.54) is 0 Å². The fourth-order valence-electron chi connectivity index (χ4n) is 1.86. The molecule has 0 aromatic heterocycles. The van der Waals surface area contributed by atoms with Crippen LogP contribution in [0.5, 0.6) is 0 Å². The van der Waals surface area contributed by atoms with Crippen LogP contribution in [-0.4, -0.2) is 37.7 Å². The maximum atomic E-state index is 11.6. The van der Waals surface area contributed by atoms with Crippen LogP contribution in [0, 0.1) is 0 Å². The van der Waals surface area contributed by atoms with E-state index in [-0.39, 0.29) is 18.0 Å². The minimum Gasteiger partial charge on any atom is -0.379 e. The molecular weight excluding hydrogens is 168 g/mol. The van der Waals surface area contributed by atoms with Crippen molar-refractivity contribution < 1.29 is 9.53 Å². The van der Waals surface area contributed by atoms with Gasteiger partial charge in [-0.1, -0.05) is 0 Å². The van der Waals surface area contributed by atoms with Crippen molar-refractivity contribution in [2.24, 2.45) is 0 Å². The predicted molar refractivity (Wildman–Crippen MR) is 48.4 cm³/mol. The third-order valence-electron chi connectivity index (χ3n) is 2.65. The molecule has 4 nitrogen and oxygen atoms in total. The number of carbonyl (C=O) groups excluding carboxylic acids is 1. The van der Waals surface area contributed by atoms with Gasteiger partial charge >= 0.3 is 0 Å². The second-order valence-corrected chi connectivity index (χ2v) is 3.72. The quantitative estimate of drug-likeness (QED) is 0.616. The van der Waals surface area contributed by atoms with Crippen LogP contribution in [0.4, 0.5) is 0 Å². The van der Waals surface area contributed by atoms with Crippen molar-refractivity contribution in [3.05, 3.63) is 0 Å². The smallest absolute Gasteiger partial charge is 0.237 e. The van der Waals surface area contributed by atoms with Crippen LogP contribution >= 0.6 is 0 Å². The summed E-state index contributed by atoms with van der Waals surface area (Å²) in [5.74, 6) is 0.146. The highest BCUT2D eigenvalue weighted by atomic mass is 16.5. The summed E-state index contributed by atoms with van der Waals surface area (Å²) in [7, 11) is 0. The molecule has 4 heteroatoms. The van der Waals surface area contributed by atoms with Crippen molar-refractivity contribution in [3.63, 3.8) is 0 Å². The standard InChI is InChI=1S/C9H16N2O2/c12-9(8-2-1-4-10-8)11-7-3-5-13-6-7/h7-8,10H,1-6H2,(H,11,12). The molecular formula is C9H16N2O2. The molecule has 2 aliphatic rings. The normalized spacial score (nSPS) is 33.5. The van der Waals surface area contributed by atoms with E-state index < -0.39 is 0 Å². The minimum absolute atomic E-state index is 0.0422. The largest absolute Gasteiger partial charge is 0.379 e. The van der Waals surface area contributed by atoms with Gasteiger partial charge in [0.05, 0.1) is 18.7 Å². The van der Waals surface area contributed by atoms with Crippen LogP contribution in [0.1, 0.15) is 19.3 Å². The van der Waals surface area contributed by atoms with Gasteiger partial charge in [0.15, 0.2) is 0 Å². The number of nitrogens with one attached hydrogen (secondary N) is 2. The lowest BCUT2D eigenvalue weighted by atomic mass is 10.2. The molecule has 0 radical (unpaired) electrons. The van der Waals surface area contributed by atoms with E-state index in [2.05, 4.69) is 10.6 Å². The van der Waals surface area contributed by atoms with Gasteiger partial charge < -0.3 is 15.4 Å². The van der Waals surface area contributed by atoms with Gasteiger partial charge in [-0.2, -0.15) is 0 Å². The Morgan fingerprint density at radius 3 is 3.00 bits per heavy atom. The van der Waals surface area contributed by atoms with E-state index in [1.807, 2.05) is 0 Å². The highest BCUT2D eigenvalue weighted by Gasteiger charge is 2.25. The van der Waals surface area contributed by atoms with Crippen molar-refractivity contribution in [1.29, 1.82) is 0 Å². The summed E-state index contributed by atoms with van der Waals surface area (Å²) in [4.78, 5) is 11.6.